The summed E-state index contributed by atoms with van der Waals surface area (Å²) in [4.78, 5) is 15.3. The van der Waals surface area contributed by atoms with E-state index in [4.69, 9.17) is 10.5 Å². The number of aromatic amines is 1. The molecule has 0 aliphatic heterocycles. The summed E-state index contributed by atoms with van der Waals surface area (Å²) in [6.45, 7) is 0. The molecular weight excluding hydrogens is 230 g/mol. The van der Waals surface area contributed by atoms with Gasteiger partial charge in [0.1, 0.15) is 17.9 Å². The Balaban J connectivity index is 1.84. The van der Waals surface area contributed by atoms with E-state index < -0.39 is 0 Å². The Labute approximate surface area is 105 Å². The van der Waals surface area contributed by atoms with Crippen LogP contribution in [0, 0.1) is 0 Å². The normalized spacial score (nSPS) is 24.9. The first-order valence-electron chi connectivity index (χ1n) is 6.41. The maximum absolute atomic E-state index is 6.15. The van der Waals surface area contributed by atoms with E-state index in [0.717, 1.165) is 24.8 Å². The van der Waals surface area contributed by atoms with Gasteiger partial charge in [-0.15, -0.1) is 0 Å². The summed E-state index contributed by atoms with van der Waals surface area (Å²) in [6, 6.07) is 0.0837. The van der Waals surface area contributed by atoms with Gasteiger partial charge in [-0.25, -0.2) is 9.97 Å². The lowest BCUT2D eigenvalue weighted by Crippen LogP contribution is -2.38. The van der Waals surface area contributed by atoms with Crippen LogP contribution in [0.4, 0.5) is 0 Å². The third-order valence-electron chi connectivity index (χ3n) is 3.45. The molecule has 3 rings (SSSR count). The molecule has 0 radical (unpaired) electrons. The average molecular weight is 247 g/mol. The van der Waals surface area contributed by atoms with Crippen LogP contribution in [-0.2, 0) is 0 Å². The number of nitrogens with zero attached hydrogens (tertiary/aromatic N) is 3. The molecule has 1 aliphatic rings. The molecule has 1 fully saturated rings. The number of ether oxygens (including phenoxy) is 1. The summed E-state index contributed by atoms with van der Waals surface area (Å²) in [5, 5.41) is 0. The van der Waals surface area contributed by atoms with Gasteiger partial charge in [-0.05, 0) is 19.3 Å². The van der Waals surface area contributed by atoms with Crippen molar-refractivity contribution in [3.63, 3.8) is 0 Å². The molecular formula is C12H17N5O. The van der Waals surface area contributed by atoms with E-state index in [-0.39, 0.29) is 12.1 Å². The van der Waals surface area contributed by atoms with Crippen LogP contribution in [0.15, 0.2) is 12.7 Å². The van der Waals surface area contributed by atoms with Crippen LogP contribution in [0.1, 0.15) is 32.1 Å². The van der Waals surface area contributed by atoms with E-state index in [1.807, 2.05) is 0 Å². The summed E-state index contributed by atoms with van der Waals surface area (Å²) in [5.74, 6) is 0.555. The molecule has 0 saturated heterocycles. The molecule has 0 aromatic carbocycles. The third-order valence-corrected chi connectivity index (χ3v) is 3.45. The lowest BCUT2D eigenvalue weighted by molar-refractivity contribution is 0.158. The maximum atomic E-state index is 6.15. The minimum Gasteiger partial charge on any atom is -0.471 e. The number of aromatic nitrogens is 4. The van der Waals surface area contributed by atoms with E-state index >= 15 is 0 Å². The van der Waals surface area contributed by atoms with Crippen LogP contribution in [0.3, 0.4) is 0 Å². The van der Waals surface area contributed by atoms with Gasteiger partial charge in [-0.2, -0.15) is 4.98 Å². The molecule has 18 heavy (non-hydrogen) atoms. The molecule has 2 atom stereocenters. The Bertz CT molecular complexity index is 526. The Hall–Kier alpha value is -1.69. The van der Waals surface area contributed by atoms with Crippen LogP contribution in [0.2, 0.25) is 0 Å². The second-order valence-corrected chi connectivity index (χ2v) is 4.74. The van der Waals surface area contributed by atoms with Crippen molar-refractivity contribution in [1.29, 1.82) is 0 Å². The molecule has 6 nitrogen and oxygen atoms in total. The van der Waals surface area contributed by atoms with Crippen molar-refractivity contribution < 1.29 is 4.74 Å². The van der Waals surface area contributed by atoms with Gasteiger partial charge < -0.3 is 15.5 Å². The number of H-pyrrole nitrogens is 1. The average Bonchev–Trinajstić information content (AvgIpc) is 2.77. The first-order chi connectivity index (χ1) is 8.84. The molecule has 1 aliphatic carbocycles. The number of hydrogen-bond acceptors (Lipinski definition) is 5. The molecule has 0 spiro atoms. The largest absolute Gasteiger partial charge is 0.471 e. The number of hydrogen-bond donors (Lipinski definition) is 2. The zero-order valence-corrected chi connectivity index (χ0v) is 10.2. The Morgan fingerprint density at radius 1 is 1.17 bits per heavy atom. The molecule has 0 bridgehead atoms. The molecule has 96 valence electrons. The van der Waals surface area contributed by atoms with Crippen molar-refractivity contribution in [3.8, 4) is 5.88 Å². The van der Waals surface area contributed by atoms with Crippen LogP contribution in [-0.4, -0.2) is 32.1 Å². The molecule has 3 N–H and O–H groups in total. The van der Waals surface area contributed by atoms with Gasteiger partial charge in [-0.3, -0.25) is 0 Å². The van der Waals surface area contributed by atoms with Gasteiger partial charge in [-0.1, -0.05) is 12.8 Å². The predicted octanol–water partition coefficient (Wildman–Crippen LogP) is 1.39. The van der Waals surface area contributed by atoms with Crippen LogP contribution in [0.5, 0.6) is 5.88 Å². The highest BCUT2D eigenvalue weighted by Gasteiger charge is 2.23. The number of imidazole rings is 1. The lowest BCUT2D eigenvalue weighted by Gasteiger charge is -2.22. The predicted molar refractivity (Wildman–Crippen MR) is 67.2 cm³/mol. The van der Waals surface area contributed by atoms with Crippen molar-refractivity contribution in [2.75, 3.05) is 0 Å². The fourth-order valence-corrected chi connectivity index (χ4v) is 2.42. The van der Waals surface area contributed by atoms with Gasteiger partial charge >= 0.3 is 0 Å². The topological polar surface area (TPSA) is 89.7 Å². The first-order valence-corrected chi connectivity index (χ1v) is 6.41. The van der Waals surface area contributed by atoms with E-state index in [1.165, 1.54) is 19.2 Å². The summed E-state index contributed by atoms with van der Waals surface area (Å²) < 4.78 is 5.97. The number of rotatable bonds is 2. The molecule has 2 aromatic rings. The summed E-state index contributed by atoms with van der Waals surface area (Å²) in [7, 11) is 0. The molecule has 2 aromatic heterocycles. The van der Waals surface area contributed by atoms with E-state index in [1.54, 1.807) is 6.33 Å². The highest BCUT2D eigenvalue weighted by atomic mass is 16.5. The standard InChI is InChI=1S/C12H17N5O/c13-8-4-2-1-3-5-9(8)18-12-10-11(15-6-14-10)16-7-17-12/h6-9H,1-5,13H2,(H,14,15,16,17). The Morgan fingerprint density at radius 2 is 2.06 bits per heavy atom. The van der Waals surface area contributed by atoms with Gasteiger partial charge in [0, 0.05) is 6.04 Å². The van der Waals surface area contributed by atoms with Gasteiger partial charge in [0.25, 0.3) is 0 Å². The first kappa shape index (κ1) is 11.4. The Morgan fingerprint density at radius 3 is 3.00 bits per heavy atom. The van der Waals surface area contributed by atoms with E-state index in [0.29, 0.717) is 11.5 Å². The Kier molecular flexibility index (Phi) is 3.10. The maximum Gasteiger partial charge on any atom is 0.243 e. The quantitative estimate of drug-likeness (QED) is 0.783. The van der Waals surface area contributed by atoms with Crippen molar-refractivity contribution in [2.24, 2.45) is 5.73 Å². The second kappa shape index (κ2) is 4.89. The smallest absolute Gasteiger partial charge is 0.243 e. The fourth-order valence-electron chi connectivity index (χ4n) is 2.42. The van der Waals surface area contributed by atoms with Crippen LogP contribution >= 0.6 is 0 Å². The van der Waals surface area contributed by atoms with Gasteiger partial charge in [0.05, 0.1) is 6.33 Å². The summed E-state index contributed by atoms with van der Waals surface area (Å²) in [5.41, 5.74) is 7.52. The van der Waals surface area contributed by atoms with Crippen molar-refractivity contribution in [3.05, 3.63) is 12.7 Å². The van der Waals surface area contributed by atoms with Gasteiger partial charge in [0.15, 0.2) is 5.65 Å². The zero-order valence-electron chi connectivity index (χ0n) is 10.2. The van der Waals surface area contributed by atoms with Crippen molar-refractivity contribution in [2.45, 2.75) is 44.2 Å². The van der Waals surface area contributed by atoms with E-state index in [9.17, 15) is 0 Å². The minimum atomic E-state index is 0.0360. The zero-order chi connectivity index (χ0) is 12.4. The number of nitrogens with two attached hydrogens (primary N) is 1. The van der Waals surface area contributed by atoms with Crippen molar-refractivity contribution in [1.82, 2.24) is 19.9 Å². The van der Waals surface area contributed by atoms with Crippen LogP contribution < -0.4 is 10.5 Å². The second-order valence-electron chi connectivity index (χ2n) is 4.74. The summed E-state index contributed by atoms with van der Waals surface area (Å²) >= 11 is 0. The SMILES string of the molecule is NC1CCCCCC1Oc1ncnc2nc[nH]c12. The van der Waals surface area contributed by atoms with Crippen LogP contribution in [0.25, 0.3) is 11.2 Å². The van der Waals surface area contributed by atoms with Crippen molar-refractivity contribution >= 4 is 11.2 Å². The highest BCUT2D eigenvalue weighted by molar-refractivity contribution is 5.74. The minimum absolute atomic E-state index is 0.0360. The molecule has 2 heterocycles. The van der Waals surface area contributed by atoms with E-state index in [2.05, 4.69) is 19.9 Å². The number of nitrogens with one attached hydrogen (secondary N) is 1. The molecule has 2 unspecified atom stereocenters. The fraction of sp³-hybridized carbons (Fsp3) is 0.583. The number of fused-ring (bicyclic) bond motifs is 1. The molecule has 6 heteroatoms. The van der Waals surface area contributed by atoms with Gasteiger partial charge in [0.2, 0.25) is 5.88 Å². The molecule has 0 amide bonds. The highest BCUT2D eigenvalue weighted by Crippen LogP contribution is 2.24. The molecule has 1 saturated carbocycles. The summed E-state index contributed by atoms with van der Waals surface area (Å²) in [6.07, 6.45) is 8.69. The lowest BCUT2D eigenvalue weighted by atomic mass is 10.1. The monoisotopic (exact) mass is 247 g/mol. The third kappa shape index (κ3) is 2.15.